The Balaban J connectivity index is 1.63. The average molecular weight is 299 g/mol. The molecule has 1 atom stereocenters. The molecule has 3 rings (SSSR count). The van der Waals surface area contributed by atoms with E-state index >= 15 is 0 Å². The number of hydrogen-bond donors (Lipinski definition) is 1. The standard InChI is InChI=1S/C17H21N3O2/c1-12-10-18-19-17(12)14-6-7-20(11-14)16(21)9-13-4-3-5-15(8-13)22-2/h3-5,8,10,14H,6-7,9,11H2,1-2H3,(H,18,19). The summed E-state index contributed by atoms with van der Waals surface area (Å²) in [5, 5.41) is 7.15. The fourth-order valence-electron chi connectivity index (χ4n) is 3.06. The van der Waals surface area contributed by atoms with Gasteiger partial charge in [0.25, 0.3) is 0 Å². The van der Waals surface area contributed by atoms with Gasteiger partial charge in [-0.25, -0.2) is 0 Å². The number of rotatable bonds is 4. The van der Waals surface area contributed by atoms with Gasteiger partial charge in [-0.15, -0.1) is 0 Å². The Morgan fingerprint density at radius 1 is 1.50 bits per heavy atom. The van der Waals surface area contributed by atoms with Gasteiger partial charge < -0.3 is 9.64 Å². The van der Waals surface area contributed by atoms with Crippen LogP contribution in [0.1, 0.15) is 29.2 Å². The first-order valence-electron chi connectivity index (χ1n) is 7.58. The number of benzene rings is 1. The summed E-state index contributed by atoms with van der Waals surface area (Å²) < 4.78 is 5.21. The van der Waals surface area contributed by atoms with Crippen molar-refractivity contribution in [1.29, 1.82) is 0 Å². The first-order valence-corrected chi connectivity index (χ1v) is 7.58. The molecule has 1 unspecified atom stereocenters. The Kier molecular flexibility index (Phi) is 4.13. The van der Waals surface area contributed by atoms with E-state index in [0.717, 1.165) is 36.5 Å². The lowest BCUT2D eigenvalue weighted by Gasteiger charge is -2.16. The Morgan fingerprint density at radius 3 is 3.09 bits per heavy atom. The number of carbonyl (C=O) groups excluding carboxylic acids is 1. The maximum Gasteiger partial charge on any atom is 0.227 e. The van der Waals surface area contributed by atoms with Crippen molar-refractivity contribution in [3.8, 4) is 5.75 Å². The van der Waals surface area contributed by atoms with Crippen LogP contribution in [0.5, 0.6) is 5.75 Å². The van der Waals surface area contributed by atoms with Crippen molar-refractivity contribution in [3.63, 3.8) is 0 Å². The van der Waals surface area contributed by atoms with Crippen LogP contribution in [-0.2, 0) is 11.2 Å². The molecule has 0 saturated carbocycles. The number of aromatic nitrogens is 2. The molecule has 1 aromatic carbocycles. The molecular formula is C17H21N3O2. The number of aromatic amines is 1. The van der Waals surface area contributed by atoms with Gasteiger partial charge in [-0.3, -0.25) is 9.89 Å². The summed E-state index contributed by atoms with van der Waals surface area (Å²) in [4.78, 5) is 14.4. The zero-order valence-electron chi connectivity index (χ0n) is 13.0. The number of nitrogens with zero attached hydrogens (tertiary/aromatic N) is 2. The summed E-state index contributed by atoms with van der Waals surface area (Å²) >= 11 is 0. The fraction of sp³-hybridized carbons (Fsp3) is 0.412. The molecular weight excluding hydrogens is 278 g/mol. The van der Waals surface area contributed by atoms with Crippen molar-refractivity contribution < 1.29 is 9.53 Å². The van der Waals surface area contributed by atoms with Crippen molar-refractivity contribution in [3.05, 3.63) is 47.3 Å². The number of likely N-dealkylation sites (tertiary alicyclic amines) is 1. The fourth-order valence-corrected chi connectivity index (χ4v) is 3.06. The van der Waals surface area contributed by atoms with E-state index < -0.39 is 0 Å². The van der Waals surface area contributed by atoms with Crippen molar-refractivity contribution in [2.75, 3.05) is 20.2 Å². The Bertz CT molecular complexity index is 665. The van der Waals surface area contributed by atoms with Crippen LogP contribution < -0.4 is 4.74 Å². The number of methoxy groups -OCH3 is 1. The number of carbonyl (C=O) groups is 1. The lowest BCUT2D eigenvalue weighted by molar-refractivity contribution is -0.129. The highest BCUT2D eigenvalue weighted by atomic mass is 16.5. The van der Waals surface area contributed by atoms with E-state index in [0.29, 0.717) is 12.3 Å². The van der Waals surface area contributed by atoms with Crippen LogP contribution in [0.4, 0.5) is 0 Å². The third-order valence-corrected chi connectivity index (χ3v) is 4.31. The largest absolute Gasteiger partial charge is 0.497 e. The van der Waals surface area contributed by atoms with E-state index in [4.69, 9.17) is 4.74 Å². The van der Waals surface area contributed by atoms with Gasteiger partial charge in [0.2, 0.25) is 5.91 Å². The monoisotopic (exact) mass is 299 g/mol. The van der Waals surface area contributed by atoms with Crippen LogP contribution in [0, 0.1) is 6.92 Å². The summed E-state index contributed by atoms with van der Waals surface area (Å²) in [5.74, 6) is 1.34. The SMILES string of the molecule is COc1cccc(CC(=O)N2CCC(c3[nH]ncc3C)C2)c1. The number of aryl methyl sites for hydroxylation is 1. The van der Waals surface area contributed by atoms with E-state index in [-0.39, 0.29) is 5.91 Å². The predicted octanol–water partition coefficient (Wildman–Crippen LogP) is 2.29. The van der Waals surface area contributed by atoms with Crippen LogP contribution in [0.25, 0.3) is 0 Å². The molecule has 1 amide bonds. The minimum absolute atomic E-state index is 0.174. The molecule has 5 heteroatoms. The van der Waals surface area contributed by atoms with Crippen molar-refractivity contribution in [2.24, 2.45) is 0 Å². The number of amides is 1. The molecule has 1 fully saturated rings. The molecule has 5 nitrogen and oxygen atoms in total. The molecule has 1 saturated heterocycles. The zero-order chi connectivity index (χ0) is 15.5. The van der Waals surface area contributed by atoms with Crippen LogP contribution in [0.15, 0.2) is 30.5 Å². The smallest absolute Gasteiger partial charge is 0.227 e. The van der Waals surface area contributed by atoms with Gasteiger partial charge in [0, 0.05) is 24.7 Å². The minimum Gasteiger partial charge on any atom is -0.497 e. The molecule has 1 N–H and O–H groups in total. The maximum atomic E-state index is 12.5. The number of H-pyrrole nitrogens is 1. The highest BCUT2D eigenvalue weighted by Gasteiger charge is 2.29. The summed E-state index contributed by atoms with van der Waals surface area (Å²) in [6, 6.07) is 7.70. The normalized spacial score (nSPS) is 17.7. The third kappa shape index (κ3) is 2.98. The quantitative estimate of drug-likeness (QED) is 0.942. The Hall–Kier alpha value is -2.30. The number of ether oxygens (including phenoxy) is 1. The highest BCUT2D eigenvalue weighted by molar-refractivity contribution is 5.79. The zero-order valence-corrected chi connectivity index (χ0v) is 13.0. The predicted molar refractivity (Wildman–Crippen MR) is 84.0 cm³/mol. The molecule has 2 aromatic rings. The van der Waals surface area contributed by atoms with Crippen LogP contribution in [0.2, 0.25) is 0 Å². The van der Waals surface area contributed by atoms with Gasteiger partial charge in [-0.1, -0.05) is 12.1 Å². The Morgan fingerprint density at radius 2 is 2.36 bits per heavy atom. The van der Waals surface area contributed by atoms with Gasteiger partial charge in [0.15, 0.2) is 0 Å². The first-order chi connectivity index (χ1) is 10.7. The molecule has 116 valence electrons. The second kappa shape index (κ2) is 6.22. The summed E-state index contributed by atoms with van der Waals surface area (Å²) in [6.07, 6.45) is 3.26. The second-order valence-electron chi connectivity index (χ2n) is 5.82. The summed E-state index contributed by atoms with van der Waals surface area (Å²) in [6.45, 7) is 3.64. The highest BCUT2D eigenvalue weighted by Crippen LogP contribution is 2.28. The van der Waals surface area contributed by atoms with Crippen molar-refractivity contribution >= 4 is 5.91 Å². The third-order valence-electron chi connectivity index (χ3n) is 4.31. The number of nitrogens with one attached hydrogen (secondary N) is 1. The van der Waals surface area contributed by atoms with E-state index in [2.05, 4.69) is 17.1 Å². The lowest BCUT2D eigenvalue weighted by Crippen LogP contribution is -2.30. The van der Waals surface area contributed by atoms with Crippen LogP contribution in [0.3, 0.4) is 0 Å². The molecule has 0 bridgehead atoms. The van der Waals surface area contributed by atoms with Gasteiger partial charge in [0.1, 0.15) is 5.75 Å². The minimum atomic E-state index is 0.174. The van der Waals surface area contributed by atoms with E-state index in [1.54, 1.807) is 7.11 Å². The van der Waals surface area contributed by atoms with Crippen LogP contribution in [-0.4, -0.2) is 41.2 Å². The molecule has 0 radical (unpaired) electrons. The van der Waals surface area contributed by atoms with Gasteiger partial charge >= 0.3 is 0 Å². The van der Waals surface area contributed by atoms with Gasteiger partial charge in [-0.05, 0) is 36.6 Å². The van der Waals surface area contributed by atoms with Gasteiger partial charge in [0.05, 0.1) is 19.7 Å². The maximum absolute atomic E-state index is 12.5. The van der Waals surface area contributed by atoms with Crippen molar-refractivity contribution in [1.82, 2.24) is 15.1 Å². The molecule has 1 aromatic heterocycles. The molecule has 1 aliphatic heterocycles. The van der Waals surface area contributed by atoms with Gasteiger partial charge in [-0.2, -0.15) is 5.10 Å². The first kappa shape index (κ1) is 14.6. The van der Waals surface area contributed by atoms with Crippen LogP contribution >= 0.6 is 0 Å². The second-order valence-corrected chi connectivity index (χ2v) is 5.82. The topological polar surface area (TPSA) is 58.2 Å². The molecule has 0 aliphatic carbocycles. The average Bonchev–Trinajstić information content (AvgIpc) is 3.16. The van der Waals surface area contributed by atoms with E-state index in [9.17, 15) is 4.79 Å². The summed E-state index contributed by atoms with van der Waals surface area (Å²) in [5.41, 5.74) is 3.33. The van der Waals surface area contributed by atoms with E-state index in [1.807, 2.05) is 35.4 Å². The lowest BCUT2D eigenvalue weighted by atomic mass is 10.0. The molecule has 2 heterocycles. The molecule has 22 heavy (non-hydrogen) atoms. The summed E-state index contributed by atoms with van der Waals surface area (Å²) in [7, 11) is 1.64. The molecule has 0 spiro atoms. The van der Waals surface area contributed by atoms with E-state index in [1.165, 1.54) is 5.56 Å². The number of hydrogen-bond acceptors (Lipinski definition) is 3. The van der Waals surface area contributed by atoms with Crippen molar-refractivity contribution in [2.45, 2.75) is 25.7 Å². The Labute approximate surface area is 130 Å². The molecule has 1 aliphatic rings.